The largest absolute Gasteiger partial charge is 0.497 e. The summed E-state index contributed by atoms with van der Waals surface area (Å²) in [6.07, 6.45) is 2.84. The highest BCUT2D eigenvalue weighted by atomic mass is 16.6. The van der Waals surface area contributed by atoms with E-state index in [4.69, 9.17) is 9.47 Å². The van der Waals surface area contributed by atoms with Crippen LogP contribution in [-0.2, 0) is 4.74 Å². The molecule has 0 amide bonds. The predicted molar refractivity (Wildman–Crippen MR) is 82.5 cm³/mol. The first-order chi connectivity index (χ1) is 10.3. The molecule has 0 saturated heterocycles. The maximum Gasteiger partial charge on any atom is 0.224 e. The van der Waals surface area contributed by atoms with Gasteiger partial charge in [-0.15, -0.1) is 0 Å². The fourth-order valence-electron chi connectivity index (χ4n) is 2.20. The first-order valence-corrected chi connectivity index (χ1v) is 6.74. The molecule has 3 heteroatoms. The molecular formula is C18H16O3. The van der Waals surface area contributed by atoms with E-state index in [2.05, 4.69) is 0 Å². The van der Waals surface area contributed by atoms with Crippen molar-refractivity contribution in [2.75, 3.05) is 7.11 Å². The molecule has 1 atom stereocenters. The summed E-state index contributed by atoms with van der Waals surface area (Å²) in [6.45, 7) is 0. The minimum Gasteiger partial charge on any atom is -0.497 e. The van der Waals surface area contributed by atoms with E-state index in [1.54, 1.807) is 7.11 Å². The minimum atomic E-state index is -0.928. The normalized spacial score (nSPS) is 19.2. The summed E-state index contributed by atoms with van der Waals surface area (Å²) in [7, 11) is 1.64. The van der Waals surface area contributed by atoms with Gasteiger partial charge in [0.05, 0.1) is 7.11 Å². The third kappa shape index (κ3) is 2.98. The standard InChI is InChI=1S/C18H16O3/c1-20-16-9-7-13(8-10-16)11-15-12-17(21-18(15)19)14-5-3-2-4-6-14/h2-12,18-19H,1H3/b15-11-. The van der Waals surface area contributed by atoms with E-state index in [0.29, 0.717) is 5.76 Å². The first kappa shape index (κ1) is 13.5. The van der Waals surface area contributed by atoms with Crippen LogP contribution in [0.25, 0.3) is 11.8 Å². The highest BCUT2D eigenvalue weighted by Gasteiger charge is 2.21. The van der Waals surface area contributed by atoms with Gasteiger partial charge in [-0.05, 0) is 29.8 Å². The molecule has 1 N–H and O–H groups in total. The first-order valence-electron chi connectivity index (χ1n) is 6.74. The Hall–Kier alpha value is -2.52. The van der Waals surface area contributed by atoms with E-state index >= 15 is 0 Å². The molecule has 2 aromatic carbocycles. The molecule has 0 saturated carbocycles. The van der Waals surface area contributed by atoms with Crippen LogP contribution in [0.5, 0.6) is 5.75 Å². The number of hydrogen-bond acceptors (Lipinski definition) is 3. The monoisotopic (exact) mass is 280 g/mol. The summed E-state index contributed by atoms with van der Waals surface area (Å²) in [4.78, 5) is 0. The maximum absolute atomic E-state index is 10.0. The van der Waals surface area contributed by atoms with Crippen molar-refractivity contribution < 1.29 is 14.6 Å². The second-order valence-electron chi connectivity index (χ2n) is 4.76. The zero-order valence-electron chi connectivity index (χ0n) is 11.7. The van der Waals surface area contributed by atoms with Gasteiger partial charge in [-0.3, -0.25) is 0 Å². The van der Waals surface area contributed by atoms with Gasteiger partial charge in [-0.1, -0.05) is 42.5 Å². The van der Waals surface area contributed by atoms with Crippen molar-refractivity contribution >= 4 is 11.8 Å². The number of hydrogen-bond donors (Lipinski definition) is 1. The number of rotatable bonds is 3. The summed E-state index contributed by atoms with van der Waals surface area (Å²) in [6, 6.07) is 17.4. The van der Waals surface area contributed by atoms with E-state index in [1.165, 1.54) is 0 Å². The number of aliphatic hydroxyl groups excluding tert-OH is 1. The van der Waals surface area contributed by atoms with Crippen molar-refractivity contribution in [1.29, 1.82) is 0 Å². The second-order valence-corrected chi connectivity index (χ2v) is 4.76. The van der Waals surface area contributed by atoms with Crippen molar-refractivity contribution in [2.24, 2.45) is 0 Å². The molecule has 2 aromatic rings. The lowest BCUT2D eigenvalue weighted by Gasteiger charge is -2.08. The molecule has 21 heavy (non-hydrogen) atoms. The molecule has 3 nitrogen and oxygen atoms in total. The average Bonchev–Trinajstić information content (AvgIpc) is 2.90. The lowest BCUT2D eigenvalue weighted by molar-refractivity contribution is 0.00595. The quantitative estimate of drug-likeness (QED) is 0.935. The lowest BCUT2D eigenvalue weighted by Crippen LogP contribution is -2.06. The van der Waals surface area contributed by atoms with Gasteiger partial charge in [-0.25, -0.2) is 0 Å². The lowest BCUT2D eigenvalue weighted by atomic mass is 10.1. The van der Waals surface area contributed by atoms with Gasteiger partial charge in [0.1, 0.15) is 11.5 Å². The van der Waals surface area contributed by atoms with Crippen LogP contribution in [0.3, 0.4) is 0 Å². The van der Waals surface area contributed by atoms with Crippen LogP contribution in [0.4, 0.5) is 0 Å². The summed E-state index contributed by atoms with van der Waals surface area (Å²) >= 11 is 0. The molecule has 3 rings (SSSR count). The SMILES string of the molecule is COc1ccc(/C=C2/C=C(c3ccccc3)OC2O)cc1. The number of benzene rings is 2. The molecule has 0 aromatic heterocycles. The Kier molecular flexibility index (Phi) is 3.75. The summed E-state index contributed by atoms with van der Waals surface area (Å²) in [5, 5.41) is 10.0. The topological polar surface area (TPSA) is 38.7 Å². The summed E-state index contributed by atoms with van der Waals surface area (Å²) < 4.78 is 10.6. The van der Waals surface area contributed by atoms with Crippen molar-refractivity contribution in [2.45, 2.75) is 6.29 Å². The maximum atomic E-state index is 10.0. The van der Waals surface area contributed by atoms with E-state index in [-0.39, 0.29) is 0 Å². The van der Waals surface area contributed by atoms with Gasteiger partial charge in [-0.2, -0.15) is 0 Å². The number of ether oxygens (including phenoxy) is 2. The fraction of sp³-hybridized carbons (Fsp3) is 0.111. The molecule has 0 radical (unpaired) electrons. The summed E-state index contributed by atoms with van der Waals surface area (Å²) in [5.41, 5.74) is 2.67. The van der Waals surface area contributed by atoms with Crippen LogP contribution in [0.15, 0.2) is 66.2 Å². The molecular weight excluding hydrogens is 264 g/mol. The van der Waals surface area contributed by atoms with E-state index in [9.17, 15) is 5.11 Å². The van der Waals surface area contributed by atoms with Crippen LogP contribution in [0.2, 0.25) is 0 Å². The van der Waals surface area contributed by atoms with Crippen LogP contribution in [0.1, 0.15) is 11.1 Å². The average molecular weight is 280 g/mol. The third-order valence-electron chi connectivity index (χ3n) is 3.33. The van der Waals surface area contributed by atoms with Crippen molar-refractivity contribution in [1.82, 2.24) is 0 Å². The Morgan fingerprint density at radius 2 is 1.76 bits per heavy atom. The van der Waals surface area contributed by atoms with Gasteiger partial charge >= 0.3 is 0 Å². The van der Waals surface area contributed by atoms with E-state index < -0.39 is 6.29 Å². The van der Waals surface area contributed by atoms with Crippen molar-refractivity contribution in [3.8, 4) is 5.75 Å². The Morgan fingerprint density at radius 3 is 2.43 bits per heavy atom. The zero-order chi connectivity index (χ0) is 14.7. The molecule has 1 aliphatic heterocycles. The minimum absolute atomic E-state index is 0.683. The highest BCUT2D eigenvalue weighted by molar-refractivity contribution is 5.70. The van der Waals surface area contributed by atoms with Crippen LogP contribution in [-0.4, -0.2) is 18.5 Å². The van der Waals surface area contributed by atoms with E-state index in [1.807, 2.05) is 66.7 Å². The van der Waals surface area contributed by atoms with E-state index in [0.717, 1.165) is 22.4 Å². The Bertz CT molecular complexity index is 669. The number of aliphatic hydroxyl groups is 1. The van der Waals surface area contributed by atoms with Crippen molar-refractivity contribution in [3.63, 3.8) is 0 Å². The molecule has 0 bridgehead atoms. The highest BCUT2D eigenvalue weighted by Crippen LogP contribution is 2.30. The van der Waals surface area contributed by atoms with Gasteiger partial charge in [0, 0.05) is 11.1 Å². The molecule has 0 spiro atoms. The molecule has 0 aliphatic carbocycles. The zero-order valence-corrected chi connectivity index (χ0v) is 11.7. The van der Waals surface area contributed by atoms with Gasteiger partial charge in [0.25, 0.3) is 0 Å². The van der Waals surface area contributed by atoms with Crippen LogP contribution < -0.4 is 4.74 Å². The van der Waals surface area contributed by atoms with Crippen molar-refractivity contribution in [3.05, 3.63) is 77.4 Å². The third-order valence-corrected chi connectivity index (χ3v) is 3.33. The molecule has 0 fully saturated rings. The Balaban J connectivity index is 1.87. The van der Waals surface area contributed by atoms with Crippen LogP contribution in [0, 0.1) is 0 Å². The van der Waals surface area contributed by atoms with Gasteiger partial charge < -0.3 is 14.6 Å². The molecule has 1 unspecified atom stereocenters. The Labute approximate surface area is 123 Å². The molecule has 106 valence electrons. The second kappa shape index (κ2) is 5.85. The fourth-order valence-corrected chi connectivity index (χ4v) is 2.20. The molecule has 1 heterocycles. The predicted octanol–water partition coefficient (Wildman–Crippen LogP) is 3.47. The van der Waals surface area contributed by atoms with Crippen LogP contribution >= 0.6 is 0 Å². The van der Waals surface area contributed by atoms with Gasteiger partial charge in [0.15, 0.2) is 0 Å². The number of methoxy groups -OCH3 is 1. The summed E-state index contributed by atoms with van der Waals surface area (Å²) in [5.74, 6) is 1.49. The molecule has 1 aliphatic rings. The van der Waals surface area contributed by atoms with Gasteiger partial charge in [0.2, 0.25) is 6.29 Å². The Morgan fingerprint density at radius 1 is 1.05 bits per heavy atom. The smallest absolute Gasteiger partial charge is 0.224 e.